The Morgan fingerprint density at radius 2 is 1.64 bits per heavy atom. The van der Waals surface area contributed by atoms with Crippen LogP contribution in [0.25, 0.3) is 0 Å². The van der Waals surface area contributed by atoms with Crippen LogP contribution in [-0.4, -0.2) is 24.7 Å². The van der Waals surface area contributed by atoms with Gasteiger partial charge < -0.3 is 5.11 Å². The van der Waals surface area contributed by atoms with Crippen molar-refractivity contribution in [2.75, 3.05) is 0 Å². The van der Waals surface area contributed by atoms with Crippen molar-refractivity contribution in [1.82, 2.24) is 0 Å². The van der Waals surface area contributed by atoms with E-state index < -0.39 is 19.6 Å². The second-order valence-corrected chi connectivity index (χ2v) is 11.0. The van der Waals surface area contributed by atoms with E-state index in [4.69, 9.17) is 11.6 Å². The van der Waals surface area contributed by atoms with Crippen LogP contribution in [0, 0.1) is 16.9 Å². The maximum Gasteiger partial charge on any atom is 0.129 e. The number of aliphatic hydroxyl groups excluding tert-OH is 1. The van der Waals surface area contributed by atoms with Gasteiger partial charge in [-0.25, -0.2) is 0 Å². The van der Waals surface area contributed by atoms with Crippen molar-refractivity contribution < 1.29 is 5.11 Å². The van der Waals surface area contributed by atoms with E-state index in [9.17, 15) is 5.11 Å². The largest absolute Gasteiger partial charge is 0.390 e. The zero-order chi connectivity index (χ0) is 11.6. The fourth-order valence-corrected chi connectivity index (χ4v) is 1.92. The van der Waals surface area contributed by atoms with E-state index >= 15 is 0 Å². The van der Waals surface area contributed by atoms with Crippen LogP contribution >= 0.6 is 11.6 Å². The Morgan fingerprint density at radius 3 is 1.93 bits per heavy atom. The van der Waals surface area contributed by atoms with Crippen molar-refractivity contribution >= 4 is 19.7 Å². The molecule has 0 fully saturated rings. The molecule has 0 bridgehead atoms. The van der Waals surface area contributed by atoms with Crippen LogP contribution in [0.5, 0.6) is 0 Å². The van der Waals surface area contributed by atoms with Crippen molar-refractivity contribution in [3.8, 4) is 11.5 Å². The highest BCUT2D eigenvalue weighted by atomic mass is 35.5. The highest BCUT2D eigenvalue weighted by Crippen LogP contribution is 2.24. The maximum absolute atomic E-state index is 9.83. The number of halogens is 1. The van der Waals surface area contributed by atoms with Crippen LogP contribution in [0.15, 0.2) is 0 Å². The molecule has 0 saturated carbocycles. The van der Waals surface area contributed by atoms with Gasteiger partial charge in [0.15, 0.2) is 0 Å². The summed E-state index contributed by atoms with van der Waals surface area (Å²) in [6, 6.07) is 0. The molecule has 0 radical (unpaired) electrons. The number of hydrogen-bond acceptors (Lipinski definition) is 1. The zero-order valence-electron chi connectivity index (χ0n) is 9.98. The predicted octanol–water partition coefficient (Wildman–Crippen LogP) is 2.88. The summed E-state index contributed by atoms with van der Waals surface area (Å²) in [5.41, 5.74) is 2.96. The second kappa shape index (κ2) is 4.70. The standard InChI is InChI=1S/C11H21ClOSi/c1-11(2,3)10(13)9(12)7-8-14(4,5)6/h9-10,13H,1-6H3/t9-,10-/m1/s1. The van der Waals surface area contributed by atoms with Crippen molar-refractivity contribution in [2.24, 2.45) is 5.41 Å². The van der Waals surface area contributed by atoms with Gasteiger partial charge in [-0.15, -0.1) is 17.1 Å². The summed E-state index contributed by atoms with van der Waals surface area (Å²) in [6.45, 7) is 12.4. The summed E-state index contributed by atoms with van der Waals surface area (Å²) in [7, 11) is -1.38. The van der Waals surface area contributed by atoms with Gasteiger partial charge >= 0.3 is 0 Å². The Balaban J connectivity index is 4.48. The summed E-state index contributed by atoms with van der Waals surface area (Å²) in [5, 5.41) is 9.38. The Hall–Kier alpha value is 0.0269. The maximum atomic E-state index is 9.83. The minimum Gasteiger partial charge on any atom is -0.390 e. The highest BCUT2D eigenvalue weighted by molar-refractivity contribution is 6.83. The fraction of sp³-hybridized carbons (Fsp3) is 0.818. The number of rotatable bonds is 1. The minimum absolute atomic E-state index is 0.208. The smallest absolute Gasteiger partial charge is 0.129 e. The van der Waals surface area contributed by atoms with Crippen LogP contribution in [0.4, 0.5) is 0 Å². The van der Waals surface area contributed by atoms with Crippen LogP contribution in [0.2, 0.25) is 19.6 Å². The zero-order valence-corrected chi connectivity index (χ0v) is 11.7. The molecule has 1 nitrogen and oxygen atoms in total. The molecule has 0 amide bonds. The summed E-state index contributed by atoms with van der Waals surface area (Å²) in [5.74, 6) is 2.96. The van der Waals surface area contributed by atoms with Gasteiger partial charge in [-0.2, -0.15) is 0 Å². The number of hydrogen-bond donors (Lipinski definition) is 1. The lowest BCUT2D eigenvalue weighted by atomic mass is 9.87. The van der Waals surface area contributed by atoms with Crippen LogP contribution in [0.3, 0.4) is 0 Å². The number of alkyl halides is 1. The molecule has 0 saturated heterocycles. The molecule has 0 aliphatic heterocycles. The van der Waals surface area contributed by atoms with E-state index in [1.54, 1.807) is 0 Å². The van der Waals surface area contributed by atoms with E-state index in [1.807, 2.05) is 20.8 Å². The molecule has 3 heteroatoms. The van der Waals surface area contributed by atoms with Gasteiger partial charge in [-0.05, 0) is 5.41 Å². The third-order valence-electron chi connectivity index (χ3n) is 1.75. The topological polar surface area (TPSA) is 20.2 Å². The SMILES string of the molecule is CC(C)(C)[C@H](O)[C@H](Cl)C#C[Si](C)(C)C. The van der Waals surface area contributed by atoms with Gasteiger partial charge in [-0.3, -0.25) is 0 Å². The molecule has 2 atom stereocenters. The molecule has 0 rings (SSSR count). The lowest BCUT2D eigenvalue weighted by molar-refractivity contribution is 0.0706. The number of aliphatic hydroxyl groups is 1. The van der Waals surface area contributed by atoms with E-state index in [0.29, 0.717) is 0 Å². The highest BCUT2D eigenvalue weighted by Gasteiger charge is 2.28. The third-order valence-corrected chi connectivity index (χ3v) is 2.99. The molecular formula is C11H21ClOSi. The van der Waals surface area contributed by atoms with Crippen molar-refractivity contribution in [2.45, 2.75) is 51.9 Å². The van der Waals surface area contributed by atoms with E-state index in [2.05, 4.69) is 31.1 Å². The Kier molecular flexibility index (Phi) is 4.71. The van der Waals surface area contributed by atoms with Gasteiger partial charge in [0.25, 0.3) is 0 Å². The first-order valence-corrected chi connectivity index (χ1v) is 8.82. The molecular weight excluding hydrogens is 212 g/mol. The average molecular weight is 233 g/mol. The quantitative estimate of drug-likeness (QED) is 0.419. The molecule has 0 aromatic heterocycles. The summed E-state index contributed by atoms with van der Waals surface area (Å²) >= 11 is 6.02. The van der Waals surface area contributed by atoms with E-state index in [-0.39, 0.29) is 5.41 Å². The first-order valence-electron chi connectivity index (χ1n) is 4.89. The lowest BCUT2D eigenvalue weighted by Gasteiger charge is -2.27. The average Bonchev–Trinajstić information content (AvgIpc) is 1.95. The monoisotopic (exact) mass is 232 g/mol. The van der Waals surface area contributed by atoms with Crippen LogP contribution in [-0.2, 0) is 0 Å². The minimum atomic E-state index is -1.38. The second-order valence-electron chi connectivity index (χ2n) is 5.73. The Morgan fingerprint density at radius 1 is 1.21 bits per heavy atom. The Labute approximate surface area is 93.9 Å². The molecule has 82 valence electrons. The molecule has 14 heavy (non-hydrogen) atoms. The fourth-order valence-electron chi connectivity index (χ4n) is 0.803. The molecule has 0 aliphatic rings. The molecule has 0 aromatic rings. The molecule has 0 aliphatic carbocycles. The molecule has 0 heterocycles. The van der Waals surface area contributed by atoms with Crippen molar-refractivity contribution in [1.29, 1.82) is 0 Å². The summed E-state index contributed by atoms with van der Waals surface area (Å²) in [6.07, 6.45) is -0.576. The summed E-state index contributed by atoms with van der Waals surface area (Å²) in [4.78, 5) is 0. The lowest BCUT2D eigenvalue weighted by Crippen LogP contribution is -2.34. The van der Waals surface area contributed by atoms with Crippen LogP contribution < -0.4 is 0 Å². The molecule has 1 N–H and O–H groups in total. The van der Waals surface area contributed by atoms with Gasteiger partial charge in [-0.1, -0.05) is 46.3 Å². The van der Waals surface area contributed by atoms with Gasteiger partial charge in [0, 0.05) is 0 Å². The first-order chi connectivity index (χ1) is 6.04. The van der Waals surface area contributed by atoms with Gasteiger partial charge in [0.2, 0.25) is 0 Å². The van der Waals surface area contributed by atoms with Crippen molar-refractivity contribution in [3.05, 3.63) is 0 Å². The van der Waals surface area contributed by atoms with E-state index in [0.717, 1.165) is 0 Å². The van der Waals surface area contributed by atoms with Gasteiger partial charge in [0.05, 0.1) is 6.10 Å². The molecule has 0 unspecified atom stereocenters. The van der Waals surface area contributed by atoms with Gasteiger partial charge in [0.1, 0.15) is 13.5 Å². The first kappa shape index (κ1) is 14.0. The Bertz CT molecular complexity index is 239. The summed E-state index contributed by atoms with van der Waals surface area (Å²) < 4.78 is 0. The molecule has 0 spiro atoms. The third kappa shape index (κ3) is 5.69. The molecule has 0 aromatic carbocycles. The predicted molar refractivity (Wildman–Crippen MR) is 66.2 cm³/mol. The normalized spacial score (nSPS) is 16.9. The van der Waals surface area contributed by atoms with Crippen molar-refractivity contribution in [3.63, 3.8) is 0 Å². The van der Waals surface area contributed by atoms with Crippen LogP contribution in [0.1, 0.15) is 20.8 Å². The van der Waals surface area contributed by atoms with E-state index in [1.165, 1.54) is 0 Å².